The van der Waals surface area contributed by atoms with E-state index in [1.165, 1.54) is 32.2 Å². The van der Waals surface area contributed by atoms with Gasteiger partial charge in [0, 0.05) is 37.3 Å². The van der Waals surface area contributed by atoms with E-state index in [2.05, 4.69) is 40.8 Å². The van der Waals surface area contributed by atoms with E-state index in [1.807, 2.05) is 18.2 Å². The van der Waals surface area contributed by atoms with Gasteiger partial charge < -0.3 is 20.9 Å². The third kappa shape index (κ3) is 8.60. The van der Waals surface area contributed by atoms with Crippen LogP contribution in [0.15, 0.2) is 29.3 Å². The Balaban J connectivity index is 0.00000341. The van der Waals surface area contributed by atoms with Crippen LogP contribution in [0, 0.1) is 5.92 Å². The lowest BCUT2D eigenvalue weighted by atomic mass is 9.85. The molecule has 0 aromatic heterocycles. The maximum atomic E-state index is 12.2. The van der Waals surface area contributed by atoms with Crippen LogP contribution in [0.4, 0.5) is 5.69 Å². The number of hydrogen-bond acceptors (Lipinski definition) is 3. The molecule has 3 N–H and O–H groups in total. The molecule has 0 bridgehead atoms. The number of halogens is 1. The fourth-order valence-electron chi connectivity index (χ4n) is 4.15. The molecule has 2 aliphatic rings. The van der Waals surface area contributed by atoms with Crippen molar-refractivity contribution in [2.75, 3.05) is 31.5 Å². The van der Waals surface area contributed by atoms with E-state index in [1.54, 1.807) is 0 Å². The number of nitrogens with zero attached hydrogens (tertiary/aromatic N) is 2. The summed E-state index contributed by atoms with van der Waals surface area (Å²) in [6, 6.07) is 8.75. The molecule has 6 nitrogen and oxygen atoms in total. The van der Waals surface area contributed by atoms with Gasteiger partial charge in [0.05, 0.1) is 6.54 Å². The number of nitrogens with one attached hydrogen (secondary N) is 3. The number of benzene rings is 1. The van der Waals surface area contributed by atoms with Gasteiger partial charge >= 0.3 is 0 Å². The Kier molecular flexibility index (Phi) is 11.6. The van der Waals surface area contributed by atoms with Crippen molar-refractivity contribution >= 4 is 41.5 Å². The fraction of sp³-hybridized carbons (Fsp3) is 0.667. The molecular weight excluding hydrogens is 501 g/mol. The SMILES string of the molecule is CCNC(=NCc1cccc(NC(=O)C2CCC2)c1)NCCCN1CCCCC1C.I. The first kappa shape index (κ1) is 25.9. The van der Waals surface area contributed by atoms with Crippen molar-refractivity contribution in [3.8, 4) is 0 Å². The van der Waals surface area contributed by atoms with Crippen molar-refractivity contribution in [2.24, 2.45) is 10.9 Å². The second-order valence-corrected chi connectivity index (χ2v) is 8.67. The number of amides is 1. The number of piperidine rings is 1. The molecule has 31 heavy (non-hydrogen) atoms. The number of guanidine groups is 1. The van der Waals surface area contributed by atoms with Gasteiger partial charge in [-0.1, -0.05) is 25.0 Å². The fourth-order valence-corrected chi connectivity index (χ4v) is 4.15. The Morgan fingerprint density at radius 3 is 2.71 bits per heavy atom. The van der Waals surface area contributed by atoms with Gasteiger partial charge in [0.25, 0.3) is 0 Å². The van der Waals surface area contributed by atoms with Gasteiger partial charge in [0.1, 0.15) is 0 Å². The minimum absolute atomic E-state index is 0. The lowest BCUT2D eigenvalue weighted by Gasteiger charge is -2.33. The molecule has 2 fully saturated rings. The quantitative estimate of drug-likeness (QED) is 0.188. The molecule has 1 atom stereocenters. The van der Waals surface area contributed by atoms with E-state index in [0.717, 1.165) is 62.1 Å². The van der Waals surface area contributed by atoms with Gasteiger partial charge in [-0.2, -0.15) is 0 Å². The van der Waals surface area contributed by atoms with E-state index in [-0.39, 0.29) is 35.8 Å². The Labute approximate surface area is 205 Å². The van der Waals surface area contributed by atoms with E-state index in [9.17, 15) is 4.79 Å². The summed E-state index contributed by atoms with van der Waals surface area (Å²) in [7, 11) is 0. The van der Waals surface area contributed by atoms with E-state index in [4.69, 9.17) is 4.99 Å². The molecule has 1 saturated heterocycles. The zero-order chi connectivity index (χ0) is 21.2. The smallest absolute Gasteiger partial charge is 0.227 e. The highest BCUT2D eigenvalue weighted by molar-refractivity contribution is 14.0. The molecule has 7 heteroatoms. The topological polar surface area (TPSA) is 68.8 Å². The third-order valence-corrected chi connectivity index (χ3v) is 6.29. The number of carbonyl (C=O) groups excluding carboxylic acids is 1. The Morgan fingerprint density at radius 2 is 2.00 bits per heavy atom. The maximum absolute atomic E-state index is 12.2. The summed E-state index contributed by atoms with van der Waals surface area (Å²) >= 11 is 0. The van der Waals surface area contributed by atoms with E-state index < -0.39 is 0 Å². The average molecular weight is 542 g/mol. The number of hydrogen-bond donors (Lipinski definition) is 3. The van der Waals surface area contributed by atoms with Gasteiger partial charge in [-0.05, 0) is 70.2 Å². The molecule has 0 radical (unpaired) electrons. The van der Waals surface area contributed by atoms with Crippen LogP contribution in [0.25, 0.3) is 0 Å². The Bertz CT molecular complexity index is 707. The summed E-state index contributed by atoms with van der Waals surface area (Å²) in [5, 5.41) is 9.85. The summed E-state index contributed by atoms with van der Waals surface area (Å²) in [5.74, 6) is 1.21. The highest BCUT2D eigenvalue weighted by Crippen LogP contribution is 2.27. The second kappa shape index (κ2) is 13.9. The predicted molar refractivity (Wildman–Crippen MR) is 140 cm³/mol. The standard InChI is InChI=1S/C24H39N5O.HI/c1-3-25-24(26-14-8-16-29-15-5-4-9-19(29)2)27-18-20-10-6-13-22(17-20)28-23(30)21-11-7-12-21;/h6,10,13,17,19,21H,3-5,7-9,11-12,14-16,18H2,1-2H3,(H,28,30)(H2,25,26,27);1H. The Hall–Kier alpha value is -1.35. The molecule has 1 aromatic rings. The van der Waals surface area contributed by atoms with Crippen molar-refractivity contribution in [2.45, 2.75) is 71.4 Å². The lowest BCUT2D eigenvalue weighted by molar-refractivity contribution is -0.122. The molecular formula is C24H40IN5O. The number of likely N-dealkylation sites (tertiary alicyclic amines) is 1. The van der Waals surface area contributed by atoms with Crippen molar-refractivity contribution in [3.05, 3.63) is 29.8 Å². The van der Waals surface area contributed by atoms with E-state index >= 15 is 0 Å². The molecule has 1 unspecified atom stereocenters. The summed E-state index contributed by atoms with van der Waals surface area (Å²) in [6.45, 7) is 9.17. The first-order valence-corrected chi connectivity index (χ1v) is 11.8. The zero-order valence-corrected chi connectivity index (χ0v) is 21.5. The van der Waals surface area contributed by atoms with Gasteiger partial charge in [0.15, 0.2) is 5.96 Å². The van der Waals surface area contributed by atoms with Crippen LogP contribution in [-0.4, -0.2) is 49.0 Å². The van der Waals surface area contributed by atoms with Crippen molar-refractivity contribution in [1.29, 1.82) is 0 Å². The summed E-state index contributed by atoms with van der Waals surface area (Å²) in [5.41, 5.74) is 1.97. The highest BCUT2D eigenvalue weighted by Gasteiger charge is 2.25. The first-order valence-electron chi connectivity index (χ1n) is 11.8. The highest BCUT2D eigenvalue weighted by atomic mass is 127. The van der Waals surface area contributed by atoms with Crippen LogP contribution in [0.5, 0.6) is 0 Å². The monoisotopic (exact) mass is 541 g/mol. The maximum Gasteiger partial charge on any atom is 0.227 e. The van der Waals surface area contributed by atoms with Crippen LogP contribution in [0.3, 0.4) is 0 Å². The van der Waals surface area contributed by atoms with Gasteiger partial charge in [0.2, 0.25) is 5.91 Å². The summed E-state index contributed by atoms with van der Waals surface area (Å²) in [6.07, 6.45) is 8.37. The number of rotatable bonds is 9. The number of anilines is 1. The molecule has 0 spiro atoms. The summed E-state index contributed by atoms with van der Waals surface area (Å²) in [4.78, 5) is 19.5. The molecule has 1 aromatic carbocycles. The van der Waals surface area contributed by atoms with Crippen molar-refractivity contribution in [1.82, 2.24) is 15.5 Å². The lowest BCUT2D eigenvalue weighted by Crippen LogP contribution is -2.41. The molecule has 1 aliphatic heterocycles. The third-order valence-electron chi connectivity index (χ3n) is 6.29. The average Bonchev–Trinajstić information content (AvgIpc) is 2.69. The number of carbonyl (C=O) groups is 1. The normalized spacial score (nSPS) is 19.8. The van der Waals surface area contributed by atoms with Crippen molar-refractivity contribution < 1.29 is 4.79 Å². The van der Waals surface area contributed by atoms with Gasteiger partial charge in [-0.25, -0.2) is 4.99 Å². The van der Waals surface area contributed by atoms with Crippen LogP contribution in [0.2, 0.25) is 0 Å². The molecule has 174 valence electrons. The Morgan fingerprint density at radius 1 is 1.16 bits per heavy atom. The van der Waals surface area contributed by atoms with Crippen LogP contribution in [0.1, 0.15) is 64.4 Å². The van der Waals surface area contributed by atoms with Crippen LogP contribution < -0.4 is 16.0 Å². The minimum atomic E-state index is 0. The predicted octanol–water partition coefficient (Wildman–Crippen LogP) is 4.36. The minimum Gasteiger partial charge on any atom is -0.357 e. The summed E-state index contributed by atoms with van der Waals surface area (Å²) < 4.78 is 0. The van der Waals surface area contributed by atoms with Crippen LogP contribution in [-0.2, 0) is 11.3 Å². The molecule has 1 saturated carbocycles. The molecule has 1 amide bonds. The van der Waals surface area contributed by atoms with Crippen LogP contribution >= 0.6 is 24.0 Å². The molecule has 1 aliphatic carbocycles. The second-order valence-electron chi connectivity index (χ2n) is 8.67. The number of aliphatic imine (C=N–C) groups is 1. The first-order chi connectivity index (χ1) is 14.7. The largest absolute Gasteiger partial charge is 0.357 e. The van der Waals surface area contributed by atoms with Gasteiger partial charge in [-0.3, -0.25) is 4.79 Å². The van der Waals surface area contributed by atoms with E-state index in [0.29, 0.717) is 6.54 Å². The van der Waals surface area contributed by atoms with Crippen molar-refractivity contribution in [3.63, 3.8) is 0 Å². The van der Waals surface area contributed by atoms with Gasteiger partial charge in [-0.15, -0.1) is 24.0 Å². The molecule has 3 rings (SSSR count). The molecule has 1 heterocycles. The zero-order valence-electron chi connectivity index (χ0n) is 19.2.